The zero-order chi connectivity index (χ0) is 22.5. The number of carbonyl (C=O) groups is 3. The van der Waals surface area contributed by atoms with Crippen LogP contribution in [0.15, 0.2) is 54.6 Å². The van der Waals surface area contributed by atoms with Gasteiger partial charge < -0.3 is 10.6 Å². The number of aromatic nitrogens is 1. The highest BCUT2D eigenvalue weighted by atomic mass is 32.1. The van der Waals surface area contributed by atoms with E-state index in [9.17, 15) is 18.8 Å². The van der Waals surface area contributed by atoms with Gasteiger partial charge in [0, 0.05) is 18.1 Å². The molecule has 1 heterocycles. The van der Waals surface area contributed by atoms with Gasteiger partial charge in [-0.2, -0.15) is 0 Å². The van der Waals surface area contributed by atoms with E-state index in [4.69, 9.17) is 0 Å². The van der Waals surface area contributed by atoms with Crippen molar-refractivity contribution >= 4 is 34.1 Å². The van der Waals surface area contributed by atoms with Gasteiger partial charge in [-0.1, -0.05) is 55.5 Å². The van der Waals surface area contributed by atoms with Gasteiger partial charge >= 0.3 is 0 Å². The van der Waals surface area contributed by atoms with Crippen molar-refractivity contribution in [2.45, 2.75) is 26.8 Å². The smallest absolute Gasteiger partial charge is 0.251 e. The van der Waals surface area contributed by atoms with Crippen molar-refractivity contribution in [3.8, 4) is 11.3 Å². The van der Waals surface area contributed by atoms with E-state index in [-0.39, 0.29) is 22.4 Å². The molecule has 0 spiro atoms. The summed E-state index contributed by atoms with van der Waals surface area (Å²) in [5, 5.41) is 5.67. The minimum absolute atomic E-state index is 0.151. The number of rotatable bonds is 7. The Morgan fingerprint density at radius 3 is 2.23 bits per heavy atom. The molecule has 8 heteroatoms. The second kappa shape index (κ2) is 9.61. The maximum absolute atomic E-state index is 13.1. The van der Waals surface area contributed by atoms with Crippen LogP contribution < -0.4 is 10.6 Å². The van der Waals surface area contributed by atoms with Crippen LogP contribution >= 0.6 is 11.3 Å². The molecule has 0 saturated heterocycles. The molecule has 0 bridgehead atoms. The van der Waals surface area contributed by atoms with Crippen LogP contribution in [-0.4, -0.2) is 28.6 Å². The lowest BCUT2D eigenvalue weighted by Gasteiger charge is -2.21. The van der Waals surface area contributed by atoms with E-state index in [1.54, 1.807) is 13.8 Å². The van der Waals surface area contributed by atoms with E-state index in [1.807, 2.05) is 30.3 Å². The molecule has 0 aliphatic heterocycles. The highest BCUT2D eigenvalue weighted by molar-refractivity contribution is 7.18. The summed E-state index contributed by atoms with van der Waals surface area (Å²) in [6, 6.07) is 13.5. The molecule has 0 aliphatic rings. The summed E-state index contributed by atoms with van der Waals surface area (Å²) in [7, 11) is 0. The number of anilines is 1. The monoisotopic (exact) mass is 439 g/mol. The lowest BCUT2D eigenvalue weighted by Crippen LogP contribution is -2.47. The fourth-order valence-corrected chi connectivity index (χ4v) is 3.83. The Balaban J connectivity index is 1.80. The molecule has 3 rings (SSSR count). The number of nitrogens with zero attached hydrogens (tertiary/aromatic N) is 1. The number of benzene rings is 2. The molecular weight excluding hydrogens is 417 g/mol. The van der Waals surface area contributed by atoms with Crippen LogP contribution in [0.5, 0.6) is 0 Å². The summed E-state index contributed by atoms with van der Waals surface area (Å²) in [5.74, 6) is -1.75. The van der Waals surface area contributed by atoms with Crippen LogP contribution in [0.3, 0.4) is 0 Å². The van der Waals surface area contributed by atoms with E-state index in [2.05, 4.69) is 15.6 Å². The van der Waals surface area contributed by atoms with Gasteiger partial charge in [-0.15, -0.1) is 0 Å². The van der Waals surface area contributed by atoms with E-state index in [0.29, 0.717) is 10.6 Å². The van der Waals surface area contributed by atoms with Crippen molar-refractivity contribution < 1.29 is 18.8 Å². The lowest BCUT2D eigenvalue weighted by atomic mass is 10.0. The summed E-state index contributed by atoms with van der Waals surface area (Å²) in [5.41, 5.74) is 1.53. The molecule has 3 aromatic rings. The number of thiazole rings is 1. The summed E-state index contributed by atoms with van der Waals surface area (Å²) in [6.45, 7) is 5.05. The van der Waals surface area contributed by atoms with Crippen LogP contribution in [0.1, 0.15) is 40.8 Å². The molecule has 1 atom stereocenters. The van der Waals surface area contributed by atoms with Gasteiger partial charge in [0.1, 0.15) is 11.9 Å². The van der Waals surface area contributed by atoms with Crippen LogP contribution in [0, 0.1) is 11.7 Å². The first-order chi connectivity index (χ1) is 14.8. The molecule has 2 amide bonds. The summed E-state index contributed by atoms with van der Waals surface area (Å²) >= 11 is 1.09. The fourth-order valence-electron chi connectivity index (χ4n) is 2.95. The molecule has 0 saturated carbocycles. The van der Waals surface area contributed by atoms with Gasteiger partial charge in [-0.05, 0) is 30.2 Å². The predicted octanol–water partition coefficient (Wildman–Crippen LogP) is 4.54. The van der Waals surface area contributed by atoms with Gasteiger partial charge in [-0.25, -0.2) is 9.37 Å². The number of hydrogen-bond acceptors (Lipinski definition) is 5. The zero-order valence-electron chi connectivity index (χ0n) is 17.3. The molecule has 0 radical (unpaired) electrons. The topological polar surface area (TPSA) is 88.2 Å². The SMILES string of the molecule is CC(=O)c1sc(NC(=O)C(NC(=O)c2ccc(F)cc2)C(C)C)nc1-c1ccccc1. The molecule has 0 aliphatic carbocycles. The van der Waals surface area contributed by atoms with Gasteiger partial charge in [0.2, 0.25) is 5.91 Å². The normalized spacial score (nSPS) is 11.8. The lowest BCUT2D eigenvalue weighted by molar-refractivity contribution is -0.118. The second-order valence-electron chi connectivity index (χ2n) is 7.31. The van der Waals surface area contributed by atoms with Gasteiger partial charge in [0.25, 0.3) is 5.91 Å². The summed E-state index contributed by atoms with van der Waals surface area (Å²) in [6.07, 6.45) is 0. The van der Waals surface area contributed by atoms with Gasteiger partial charge in [-0.3, -0.25) is 14.4 Å². The highest BCUT2D eigenvalue weighted by Gasteiger charge is 2.26. The standard InChI is InChI=1S/C23H22FN3O3S/c1-13(2)18(25-21(29)16-9-11-17(24)12-10-16)22(30)27-23-26-19(20(31-23)14(3)28)15-7-5-4-6-8-15/h4-13,18H,1-3H3,(H,25,29)(H,26,27,30). The van der Waals surface area contributed by atoms with Crippen molar-refractivity contribution in [1.82, 2.24) is 10.3 Å². The molecule has 2 N–H and O–H groups in total. The van der Waals surface area contributed by atoms with E-state index in [1.165, 1.54) is 31.2 Å². The van der Waals surface area contributed by atoms with Crippen molar-refractivity contribution in [3.63, 3.8) is 0 Å². The average molecular weight is 440 g/mol. The van der Waals surface area contributed by atoms with Crippen LogP contribution in [-0.2, 0) is 4.79 Å². The van der Waals surface area contributed by atoms with Crippen molar-refractivity contribution in [3.05, 3.63) is 70.9 Å². The van der Waals surface area contributed by atoms with Crippen molar-refractivity contribution in [2.24, 2.45) is 5.92 Å². The third-order valence-electron chi connectivity index (χ3n) is 4.57. The Kier molecular flexibility index (Phi) is 6.91. The second-order valence-corrected chi connectivity index (χ2v) is 8.31. The summed E-state index contributed by atoms with van der Waals surface area (Å²) in [4.78, 5) is 42.4. The Hall–Kier alpha value is -3.39. The molecular formula is C23H22FN3O3S. The first-order valence-corrected chi connectivity index (χ1v) is 10.5. The maximum Gasteiger partial charge on any atom is 0.251 e. The predicted molar refractivity (Wildman–Crippen MR) is 119 cm³/mol. The Bertz CT molecular complexity index is 1100. The number of ketones is 1. The minimum atomic E-state index is -0.845. The zero-order valence-corrected chi connectivity index (χ0v) is 18.1. The Morgan fingerprint density at radius 1 is 1.00 bits per heavy atom. The third-order valence-corrected chi connectivity index (χ3v) is 5.64. The molecule has 31 heavy (non-hydrogen) atoms. The van der Waals surface area contributed by atoms with Gasteiger partial charge in [0.05, 0.1) is 10.6 Å². The van der Waals surface area contributed by atoms with E-state index >= 15 is 0 Å². The van der Waals surface area contributed by atoms with Crippen LogP contribution in [0.2, 0.25) is 0 Å². The molecule has 0 fully saturated rings. The third kappa shape index (κ3) is 5.40. The summed E-state index contributed by atoms with van der Waals surface area (Å²) < 4.78 is 13.1. The number of carbonyl (C=O) groups excluding carboxylic acids is 3. The number of halogens is 1. The molecule has 1 aromatic heterocycles. The quantitative estimate of drug-likeness (QED) is 0.529. The number of nitrogens with one attached hydrogen (secondary N) is 2. The minimum Gasteiger partial charge on any atom is -0.340 e. The van der Waals surface area contributed by atoms with E-state index in [0.717, 1.165) is 16.9 Å². The first kappa shape index (κ1) is 22.3. The molecule has 6 nitrogen and oxygen atoms in total. The molecule has 2 aromatic carbocycles. The first-order valence-electron chi connectivity index (χ1n) is 9.70. The van der Waals surface area contributed by atoms with E-state index < -0.39 is 23.7 Å². The van der Waals surface area contributed by atoms with Crippen LogP contribution in [0.4, 0.5) is 9.52 Å². The number of hydrogen-bond donors (Lipinski definition) is 2. The maximum atomic E-state index is 13.1. The van der Waals surface area contributed by atoms with Gasteiger partial charge in [0.15, 0.2) is 10.9 Å². The fraction of sp³-hybridized carbons (Fsp3) is 0.217. The number of amides is 2. The molecule has 1 unspecified atom stereocenters. The number of Topliss-reactive ketones (excluding diaryl/α,β-unsaturated/α-hetero) is 1. The Morgan fingerprint density at radius 2 is 1.65 bits per heavy atom. The van der Waals surface area contributed by atoms with Crippen molar-refractivity contribution in [1.29, 1.82) is 0 Å². The van der Waals surface area contributed by atoms with Crippen LogP contribution in [0.25, 0.3) is 11.3 Å². The highest BCUT2D eigenvalue weighted by Crippen LogP contribution is 2.31. The Labute approximate surface area is 183 Å². The van der Waals surface area contributed by atoms with Crippen molar-refractivity contribution in [2.75, 3.05) is 5.32 Å². The average Bonchev–Trinajstić information content (AvgIpc) is 3.16. The largest absolute Gasteiger partial charge is 0.340 e. The molecule has 160 valence electrons.